The Morgan fingerprint density at radius 2 is 1.77 bits per heavy atom. The summed E-state index contributed by atoms with van der Waals surface area (Å²) >= 11 is 0. The van der Waals surface area contributed by atoms with E-state index in [2.05, 4.69) is 5.32 Å². The molecule has 208 valence electrons. The molecule has 8 nitrogen and oxygen atoms in total. The van der Waals surface area contributed by atoms with Crippen LogP contribution in [0.15, 0.2) is 65.6 Å². The highest BCUT2D eigenvalue weighted by molar-refractivity contribution is 5.99. The fourth-order valence-corrected chi connectivity index (χ4v) is 4.64. The lowest BCUT2D eigenvalue weighted by Gasteiger charge is -2.42. The molecule has 2 unspecified atom stereocenters. The predicted octanol–water partition coefficient (Wildman–Crippen LogP) is 3.42. The number of nitrogens with one attached hydrogen (secondary N) is 1. The summed E-state index contributed by atoms with van der Waals surface area (Å²) in [5, 5.41) is 3.93. The van der Waals surface area contributed by atoms with Gasteiger partial charge in [-0.3, -0.25) is 24.1 Å². The number of pyridine rings is 1. The molecule has 0 radical (unpaired) electrons. The molecule has 0 saturated carbocycles. The second-order valence-electron chi connectivity index (χ2n) is 9.40. The smallest absolute Gasteiger partial charge is 0.278 e. The average molecular weight is 557 g/mol. The van der Waals surface area contributed by atoms with Crippen LogP contribution in [0, 0.1) is 17.5 Å². The number of carbonyl (C=O) groups is 2. The summed E-state index contributed by atoms with van der Waals surface area (Å²) in [6, 6.07) is 8.50. The van der Waals surface area contributed by atoms with E-state index in [-0.39, 0.29) is 25.0 Å². The van der Waals surface area contributed by atoms with Crippen LogP contribution in [0.3, 0.4) is 0 Å². The average Bonchev–Trinajstić information content (AvgIpc) is 3.07. The first-order valence-electron chi connectivity index (χ1n) is 12.4. The fraction of sp³-hybridized carbons (Fsp3) is 0.250. The van der Waals surface area contributed by atoms with E-state index in [0.717, 1.165) is 6.20 Å². The van der Waals surface area contributed by atoms with E-state index in [1.165, 1.54) is 9.58 Å². The normalized spacial score (nSPS) is 17.9. The molecule has 12 heteroatoms. The Balaban J connectivity index is 1.57. The summed E-state index contributed by atoms with van der Waals surface area (Å²) in [7, 11) is 0. The lowest BCUT2D eigenvalue weighted by molar-refractivity contribution is 0.0614. The largest absolute Gasteiger partial charge is 0.482 e. The standard InChI is InChI=1S/C28H24F4N4O4/c1-16-7-8-19(11-29)34-15-36(16)35-13-21(27(38)33-12-20-22(31)9-18(30)10-23(20)32)25(37)26(24(35)28(34)39)40-14-17-5-3-2-4-6-17/h2-10,13,16,19H,11-12,14-15H2,1H3,(H,33,38). The summed E-state index contributed by atoms with van der Waals surface area (Å²) in [5.74, 6) is -5.62. The zero-order chi connectivity index (χ0) is 28.6. The maximum absolute atomic E-state index is 14.1. The third-order valence-corrected chi connectivity index (χ3v) is 6.83. The van der Waals surface area contributed by atoms with Gasteiger partial charge in [0.15, 0.2) is 11.4 Å². The van der Waals surface area contributed by atoms with Crippen molar-refractivity contribution in [3.8, 4) is 5.75 Å². The molecule has 1 N–H and O–H groups in total. The number of hydrogen-bond donors (Lipinski definition) is 1. The molecule has 2 atom stereocenters. The Hall–Kier alpha value is -4.61. The lowest BCUT2D eigenvalue weighted by Crippen LogP contribution is -2.58. The van der Waals surface area contributed by atoms with Gasteiger partial charge in [0, 0.05) is 30.4 Å². The Labute approximate surface area is 226 Å². The van der Waals surface area contributed by atoms with Gasteiger partial charge in [-0.1, -0.05) is 42.5 Å². The van der Waals surface area contributed by atoms with Crippen LogP contribution in [0.5, 0.6) is 5.75 Å². The van der Waals surface area contributed by atoms with Crippen molar-refractivity contribution in [3.63, 3.8) is 0 Å². The third-order valence-electron chi connectivity index (χ3n) is 6.83. The van der Waals surface area contributed by atoms with Crippen LogP contribution < -0.4 is 20.5 Å². The van der Waals surface area contributed by atoms with Gasteiger partial charge in [0.05, 0.1) is 12.1 Å². The number of hydrogen-bond acceptors (Lipinski definition) is 5. The van der Waals surface area contributed by atoms with E-state index in [1.54, 1.807) is 54.4 Å². The highest BCUT2D eigenvalue weighted by Crippen LogP contribution is 2.28. The molecule has 0 saturated heterocycles. The van der Waals surface area contributed by atoms with E-state index >= 15 is 0 Å². The molecule has 5 rings (SSSR count). The van der Waals surface area contributed by atoms with Crippen LogP contribution in [0.4, 0.5) is 17.6 Å². The zero-order valence-electron chi connectivity index (χ0n) is 21.2. The Bertz CT molecular complexity index is 1540. The second kappa shape index (κ2) is 10.9. The van der Waals surface area contributed by atoms with Gasteiger partial charge in [-0.25, -0.2) is 17.6 Å². The van der Waals surface area contributed by atoms with Crippen LogP contribution >= 0.6 is 0 Å². The van der Waals surface area contributed by atoms with E-state index in [9.17, 15) is 31.9 Å². The Kier molecular flexibility index (Phi) is 7.33. The van der Waals surface area contributed by atoms with Crippen LogP contribution in [0.2, 0.25) is 0 Å². The first kappa shape index (κ1) is 27.0. The third kappa shape index (κ3) is 4.92. The SMILES string of the molecule is CC1C=CC(CF)N2CN1n1cc(C(=O)NCc3c(F)cc(F)cc3F)c(=O)c(OCc3ccccc3)c1C2=O. The number of fused-ring (bicyclic) bond motifs is 4. The molecule has 2 aliphatic heterocycles. The molecule has 3 aromatic rings. The Morgan fingerprint density at radius 3 is 2.45 bits per heavy atom. The van der Waals surface area contributed by atoms with Crippen molar-refractivity contribution in [2.45, 2.75) is 32.2 Å². The molecule has 0 fully saturated rings. The van der Waals surface area contributed by atoms with E-state index in [1.807, 2.05) is 0 Å². The van der Waals surface area contributed by atoms with E-state index in [4.69, 9.17) is 4.74 Å². The first-order chi connectivity index (χ1) is 19.2. The number of aromatic nitrogens is 1. The Morgan fingerprint density at radius 1 is 1.07 bits per heavy atom. The summed E-state index contributed by atoms with van der Waals surface area (Å²) in [6.07, 6.45) is 4.42. The molecule has 1 aromatic heterocycles. The maximum Gasteiger partial charge on any atom is 0.278 e. The lowest BCUT2D eigenvalue weighted by atomic mass is 10.1. The molecule has 2 aromatic carbocycles. The van der Waals surface area contributed by atoms with Gasteiger partial charge in [-0.2, -0.15) is 0 Å². The molecule has 2 amide bonds. The molecule has 0 aliphatic carbocycles. The van der Waals surface area contributed by atoms with E-state index < -0.39 is 70.8 Å². The topological polar surface area (TPSA) is 83.9 Å². The minimum atomic E-state index is -1.20. The summed E-state index contributed by atoms with van der Waals surface area (Å²) in [4.78, 5) is 41.6. The zero-order valence-corrected chi connectivity index (χ0v) is 21.2. The van der Waals surface area contributed by atoms with Gasteiger partial charge in [0.2, 0.25) is 5.43 Å². The fourth-order valence-electron chi connectivity index (χ4n) is 4.64. The number of nitrogens with zero attached hydrogens (tertiary/aromatic N) is 3. The van der Waals surface area contributed by atoms with Gasteiger partial charge >= 0.3 is 0 Å². The molecule has 0 spiro atoms. The summed E-state index contributed by atoms with van der Waals surface area (Å²) < 4.78 is 62.5. The van der Waals surface area contributed by atoms with Gasteiger partial charge < -0.3 is 15.0 Å². The number of alkyl halides is 1. The van der Waals surface area contributed by atoms with Gasteiger partial charge in [0.25, 0.3) is 11.8 Å². The van der Waals surface area contributed by atoms with Crippen LogP contribution in [0.25, 0.3) is 0 Å². The molecular formula is C28H24F4N4O4. The number of amides is 2. The maximum atomic E-state index is 14.1. The van der Waals surface area contributed by atoms with Crippen LogP contribution in [-0.2, 0) is 13.2 Å². The van der Waals surface area contributed by atoms with Gasteiger partial charge in [-0.15, -0.1) is 0 Å². The highest BCUT2D eigenvalue weighted by Gasteiger charge is 2.40. The van der Waals surface area contributed by atoms with E-state index in [0.29, 0.717) is 17.7 Å². The van der Waals surface area contributed by atoms with Crippen molar-refractivity contribution in [1.29, 1.82) is 0 Å². The number of ether oxygens (including phenoxy) is 1. The minimum absolute atomic E-state index is 0.0390. The van der Waals surface area contributed by atoms with Gasteiger partial charge in [0.1, 0.15) is 43.0 Å². The highest BCUT2D eigenvalue weighted by atomic mass is 19.1. The minimum Gasteiger partial charge on any atom is -0.482 e. The predicted molar refractivity (Wildman–Crippen MR) is 137 cm³/mol. The van der Waals surface area contributed by atoms with Crippen LogP contribution in [-0.4, -0.2) is 46.8 Å². The van der Waals surface area contributed by atoms with Crippen molar-refractivity contribution in [2.24, 2.45) is 0 Å². The first-order valence-corrected chi connectivity index (χ1v) is 12.4. The second-order valence-corrected chi connectivity index (χ2v) is 9.40. The van der Waals surface area contributed by atoms with Crippen LogP contribution in [0.1, 0.15) is 38.9 Å². The number of carbonyl (C=O) groups excluding carboxylic acids is 2. The van der Waals surface area contributed by atoms with Crippen molar-refractivity contribution >= 4 is 11.8 Å². The quantitative estimate of drug-likeness (QED) is 0.356. The number of halogens is 4. The number of benzene rings is 2. The van der Waals surface area contributed by atoms with Gasteiger partial charge in [-0.05, 0) is 12.5 Å². The summed E-state index contributed by atoms with van der Waals surface area (Å²) in [5.41, 5.74) is -1.50. The molecule has 3 heterocycles. The molecular weight excluding hydrogens is 532 g/mol. The van der Waals surface area contributed by atoms with Crippen molar-refractivity contribution in [1.82, 2.24) is 14.9 Å². The van der Waals surface area contributed by atoms with Crippen molar-refractivity contribution in [2.75, 3.05) is 18.4 Å². The molecule has 2 bridgehead atoms. The summed E-state index contributed by atoms with van der Waals surface area (Å²) in [6.45, 7) is 0.115. The molecule has 40 heavy (non-hydrogen) atoms. The number of rotatable bonds is 7. The van der Waals surface area contributed by atoms with Crippen molar-refractivity contribution in [3.05, 3.63) is 111 Å². The monoisotopic (exact) mass is 556 g/mol. The molecule has 2 aliphatic rings. The van der Waals surface area contributed by atoms with Crippen molar-refractivity contribution < 1.29 is 31.9 Å².